The third-order valence-electron chi connectivity index (χ3n) is 3.45. The number of fused-ring (bicyclic) bond motifs is 1. The maximum Gasteiger partial charge on any atom is 0.269 e. The van der Waals surface area contributed by atoms with E-state index in [1.165, 1.54) is 10.7 Å². The minimum atomic E-state index is -0.218. The number of nitrogens with one attached hydrogen (secondary N) is 1. The molecule has 116 valence electrons. The van der Waals surface area contributed by atoms with E-state index in [2.05, 4.69) is 15.4 Å². The summed E-state index contributed by atoms with van der Waals surface area (Å²) >= 11 is 0. The Morgan fingerprint density at radius 3 is 2.83 bits per heavy atom. The van der Waals surface area contributed by atoms with Crippen LogP contribution in [-0.2, 0) is 6.54 Å². The Morgan fingerprint density at radius 1 is 1.09 bits per heavy atom. The fourth-order valence-electron chi connectivity index (χ4n) is 2.27. The molecule has 0 spiro atoms. The largest absolute Gasteiger partial charge is 0.351 e. The fraction of sp³-hybridized carbons (Fsp3) is 0.176. The van der Waals surface area contributed by atoms with E-state index in [9.17, 15) is 9.59 Å². The van der Waals surface area contributed by atoms with Gasteiger partial charge in [-0.15, -0.1) is 0 Å². The Kier molecular flexibility index (Phi) is 4.42. The van der Waals surface area contributed by atoms with E-state index in [0.29, 0.717) is 25.2 Å². The molecule has 2 heterocycles. The summed E-state index contributed by atoms with van der Waals surface area (Å²) in [6.45, 7) is 0.918. The van der Waals surface area contributed by atoms with Crippen LogP contribution in [0.3, 0.4) is 0 Å². The van der Waals surface area contributed by atoms with E-state index in [0.717, 1.165) is 10.9 Å². The zero-order chi connectivity index (χ0) is 16.1. The molecular formula is C17H16N4O2. The summed E-state index contributed by atoms with van der Waals surface area (Å²) in [4.78, 5) is 28.0. The molecule has 0 aliphatic rings. The smallest absolute Gasteiger partial charge is 0.269 e. The van der Waals surface area contributed by atoms with Crippen molar-refractivity contribution < 1.29 is 4.79 Å². The molecule has 2 aromatic heterocycles. The van der Waals surface area contributed by atoms with Gasteiger partial charge in [-0.05, 0) is 24.6 Å². The number of hydrogen-bond acceptors (Lipinski definition) is 4. The van der Waals surface area contributed by atoms with Crippen LogP contribution in [0.2, 0.25) is 0 Å². The van der Waals surface area contributed by atoms with Crippen molar-refractivity contribution in [1.82, 2.24) is 20.1 Å². The SMILES string of the molecule is O=C(NCCCn1ncccc1=O)c1ccc2ccccc2n1. The van der Waals surface area contributed by atoms with Crippen molar-refractivity contribution in [3.8, 4) is 0 Å². The Morgan fingerprint density at radius 2 is 1.96 bits per heavy atom. The van der Waals surface area contributed by atoms with Gasteiger partial charge in [0.25, 0.3) is 11.5 Å². The van der Waals surface area contributed by atoms with Crippen molar-refractivity contribution in [1.29, 1.82) is 0 Å². The molecule has 1 amide bonds. The molecule has 0 saturated carbocycles. The van der Waals surface area contributed by atoms with Crippen LogP contribution in [-0.4, -0.2) is 27.2 Å². The average molecular weight is 308 g/mol. The van der Waals surface area contributed by atoms with E-state index in [-0.39, 0.29) is 11.5 Å². The fourth-order valence-corrected chi connectivity index (χ4v) is 2.27. The molecule has 3 aromatic rings. The first-order chi connectivity index (χ1) is 11.2. The van der Waals surface area contributed by atoms with Crippen LogP contribution in [0.15, 0.2) is 59.5 Å². The van der Waals surface area contributed by atoms with E-state index >= 15 is 0 Å². The first kappa shape index (κ1) is 14.9. The number of benzene rings is 1. The molecule has 1 N–H and O–H groups in total. The van der Waals surface area contributed by atoms with E-state index in [1.807, 2.05) is 30.3 Å². The van der Waals surface area contributed by atoms with Crippen LogP contribution < -0.4 is 10.9 Å². The summed E-state index contributed by atoms with van der Waals surface area (Å²) in [6, 6.07) is 14.3. The Labute approximate surface area is 132 Å². The normalized spacial score (nSPS) is 10.6. The number of nitrogens with zero attached hydrogens (tertiary/aromatic N) is 3. The van der Waals surface area contributed by atoms with Crippen LogP contribution in [0.5, 0.6) is 0 Å². The highest BCUT2D eigenvalue weighted by atomic mass is 16.2. The molecule has 23 heavy (non-hydrogen) atoms. The molecule has 0 bridgehead atoms. The standard InChI is InChI=1S/C17H16N4O2/c22-16-7-3-11-19-21(16)12-4-10-18-17(23)15-9-8-13-5-1-2-6-14(13)20-15/h1-3,5-9,11H,4,10,12H2,(H,18,23). The summed E-state index contributed by atoms with van der Waals surface area (Å²) in [6.07, 6.45) is 2.19. The van der Waals surface area contributed by atoms with Gasteiger partial charge >= 0.3 is 0 Å². The second-order valence-electron chi connectivity index (χ2n) is 5.08. The molecule has 0 saturated heterocycles. The minimum Gasteiger partial charge on any atom is -0.351 e. The monoisotopic (exact) mass is 308 g/mol. The van der Waals surface area contributed by atoms with Crippen LogP contribution in [0, 0.1) is 0 Å². The van der Waals surface area contributed by atoms with Gasteiger partial charge in [-0.25, -0.2) is 9.67 Å². The molecule has 3 rings (SSSR count). The number of amides is 1. The summed E-state index contributed by atoms with van der Waals surface area (Å²) in [5, 5.41) is 7.77. The Balaban J connectivity index is 1.56. The molecular weight excluding hydrogens is 292 g/mol. The number of carbonyl (C=O) groups excluding carboxylic acids is 1. The van der Waals surface area contributed by atoms with Gasteiger partial charge in [0.1, 0.15) is 5.69 Å². The van der Waals surface area contributed by atoms with Gasteiger partial charge in [-0.3, -0.25) is 9.59 Å². The second kappa shape index (κ2) is 6.83. The number of aryl methyl sites for hydroxylation is 1. The van der Waals surface area contributed by atoms with Crippen LogP contribution in [0.4, 0.5) is 0 Å². The number of para-hydroxylation sites is 1. The lowest BCUT2D eigenvalue weighted by Crippen LogP contribution is -2.28. The van der Waals surface area contributed by atoms with Gasteiger partial charge in [0, 0.05) is 30.7 Å². The van der Waals surface area contributed by atoms with Crippen molar-refractivity contribution in [2.24, 2.45) is 0 Å². The predicted molar refractivity (Wildman–Crippen MR) is 87.2 cm³/mol. The van der Waals surface area contributed by atoms with Gasteiger partial charge in [0.15, 0.2) is 0 Å². The maximum atomic E-state index is 12.1. The average Bonchev–Trinajstić information content (AvgIpc) is 2.59. The molecule has 6 nitrogen and oxygen atoms in total. The summed E-state index contributed by atoms with van der Waals surface area (Å²) in [7, 11) is 0. The Bertz CT molecular complexity index is 889. The number of carbonyl (C=O) groups is 1. The molecule has 1 aromatic carbocycles. The molecule has 6 heteroatoms. The quantitative estimate of drug-likeness (QED) is 0.727. The molecule has 0 unspecified atom stereocenters. The van der Waals surface area contributed by atoms with E-state index < -0.39 is 0 Å². The van der Waals surface area contributed by atoms with Gasteiger partial charge in [-0.1, -0.05) is 24.3 Å². The third kappa shape index (κ3) is 3.60. The molecule has 0 aliphatic carbocycles. The van der Waals surface area contributed by atoms with E-state index in [4.69, 9.17) is 0 Å². The summed E-state index contributed by atoms with van der Waals surface area (Å²) in [5.41, 5.74) is 1.04. The van der Waals surface area contributed by atoms with Gasteiger partial charge in [0.05, 0.1) is 5.52 Å². The lowest BCUT2D eigenvalue weighted by Gasteiger charge is -2.06. The van der Waals surface area contributed by atoms with Crippen molar-refractivity contribution in [2.75, 3.05) is 6.54 Å². The highest BCUT2D eigenvalue weighted by molar-refractivity contribution is 5.94. The third-order valence-corrected chi connectivity index (χ3v) is 3.45. The van der Waals surface area contributed by atoms with Crippen LogP contribution in [0.25, 0.3) is 10.9 Å². The minimum absolute atomic E-state index is 0.143. The number of rotatable bonds is 5. The highest BCUT2D eigenvalue weighted by Gasteiger charge is 2.07. The second-order valence-corrected chi connectivity index (χ2v) is 5.08. The molecule has 0 fully saturated rings. The number of pyridine rings is 1. The lowest BCUT2D eigenvalue weighted by molar-refractivity contribution is 0.0948. The van der Waals surface area contributed by atoms with E-state index in [1.54, 1.807) is 18.3 Å². The van der Waals surface area contributed by atoms with Crippen molar-refractivity contribution in [3.63, 3.8) is 0 Å². The van der Waals surface area contributed by atoms with Crippen molar-refractivity contribution in [3.05, 3.63) is 70.8 Å². The first-order valence-corrected chi connectivity index (χ1v) is 7.40. The topological polar surface area (TPSA) is 76.9 Å². The predicted octanol–water partition coefficient (Wildman–Crippen LogP) is 1.61. The highest BCUT2D eigenvalue weighted by Crippen LogP contribution is 2.11. The van der Waals surface area contributed by atoms with Gasteiger partial charge in [0.2, 0.25) is 0 Å². The molecule has 0 radical (unpaired) electrons. The lowest BCUT2D eigenvalue weighted by atomic mass is 10.2. The molecule has 0 atom stereocenters. The summed E-state index contributed by atoms with van der Waals surface area (Å²) < 4.78 is 1.38. The first-order valence-electron chi connectivity index (χ1n) is 7.40. The summed E-state index contributed by atoms with van der Waals surface area (Å²) in [5.74, 6) is -0.218. The van der Waals surface area contributed by atoms with Gasteiger partial charge in [-0.2, -0.15) is 5.10 Å². The maximum absolute atomic E-state index is 12.1. The van der Waals surface area contributed by atoms with Crippen molar-refractivity contribution >= 4 is 16.8 Å². The number of aromatic nitrogens is 3. The number of hydrogen-bond donors (Lipinski definition) is 1. The van der Waals surface area contributed by atoms with Crippen LogP contribution >= 0.6 is 0 Å². The zero-order valence-corrected chi connectivity index (χ0v) is 12.5. The van der Waals surface area contributed by atoms with Crippen molar-refractivity contribution in [2.45, 2.75) is 13.0 Å². The van der Waals surface area contributed by atoms with Crippen LogP contribution in [0.1, 0.15) is 16.9 Å². The molecule has 0 aliphatic heterocycles. The Hall–Kier alpha value is -3.02. The van der Waals surface area contributed by atoms with Gasteiger partial charge < -0.3 is 5.32 Å². The zero-order valence-electron chi connectivity index (χ0n) is 12.5.